The molecule has 28 nitrogen and oxygen atoms in total. The Bertz CT molecular complexity index is 2220. The summed E-state index contributed by atoms with van der Waals surface area (Å²) in [4.78, 5) is 150. The van der Waals surface area contributed by atoms with Gasteiger partial charge in [0.25, 0.3) is 16.0 Å². The van der Waals surface area contributed by atoms with Crippen LogP contribution < -0.4 is 54.0 Å². The van der Waals surface area contributed by atoms with Gasteiger partial charge in [-0.1, -0.05) is 78.7 Å². The summed E-state index contributed by atoms with van der Waals surface area (Å²) in [6, 6.07) is -12.4. The lowest BCUT2D eigenvalue weighted by atomic mass is 9.99. The van der Waals surface area contributed by atoms with Crippen molar-refractivity contribution in [3.05, 3.63) is 11.8 Å². The monoisotopic (exact) mass is 1150 g/mol. The number of esters is 1. The number of likely N-dealkylation sites (N-methyl/N-ethyl adjacent to an activating group) is 1. The molecule has 1 aliphatic heterocycles. The molecule has 0 saturated carbocycles. The second kappa shape index (κ2) is 36.9. The Balaban J connectivity index is 3.74. The maximum Gasteiger partial charge on any atom is 0.325 e. The number of rotatable bonds is 26. The summed E-state index contributed by atoms with van der Waals surface area (Å²) in [6.45, 7) is 6.68. The van der Waals surface area contributed by atoms with Crippen LogP contribution in [0.3, 0.4) is 0 Å². The van der Waals surface area contributed by atoms with Gasteiger partial charge in [0.2, 0.25) is 47.3 Å². The second-order valence-electron chi connectivity index (χ2n) is 20.0. The zero-order valence-corrected chi connectivity index (χ0v) is 47.4. The molecule has 1 saturated heterocycles. The summed E-state index contributed by atoms with van der Waals surface area (Å²) in [5.41, 5.74) is 11.0. The van der Waals surface area contributed by atoms with Gasteiger partial charge in [-0.15, -0.1) is 0 Å². The van der Waals surface area contributed by atoms with E-state index in [1.165, 1.54) is 6.92 Å². The molecule has 15 N–H and O–H groups in total. The molecule has 9 unspecified atom stereocenters. The number of carbonyl (C=O) groups excluding carboxylic acids is 11. The first kappa shape index (κ1) is 70.9. The summed E-state index contributed by atoms with van der Waals surface area (Å²) in [7, 11) is -3.96. The number of nitrogens with zero attached hydrogens (tertiary/aromatic N) is 1. The highest BCUT2D eigenvalue weighted by Gasteiger charge is 2.38. The molecular weight excluding hydrogens is 1060 g/mol. The average molecular weight is 1150 g/mol. The smallest absolute Gasteiger partial charge is 0.325 e. The minimum Gasteiger partial charge on any atom is -0.459 e. The first-order chi connectivity index (χ1) is 37.2. The molecule has 1 aliphatic rings. The minimum absolute atomic E-state index is 0.00118. The molecule has 9 atom stereocenters. The van der Waals surface area contributed by atoms with Gasteiger partial charge in [0.05, 0.1) is 19.6 Å². The maximum absolute atomic E-state index is 14.2. The predicted molar refractivity (Wildman–Crippen MR) is 287 cm³/mol. The second-order valence-corrected chi connectivity index (χ2v) is 21.5. The van der Waals surface area contributed by atoms with Crippen molar-refractivity contribution in [2.24, 2.45) is 23.3 Å². The molecule has 1 fully saturated rings. The Labute approximate surface area is 462 Å². The fourth-order valence-corrected chi connectivity index (χ4v) is 8.66. The van der Waals surface area contributed by atoms with Crippen molar-refractivity contribution in [1.29, 1.82) is 0 Å². The molecular formula is C50H87N11O17S. The first-order valence-corrected chi connectivity index (χ1v) is 28.4. The van der Waals surface area contributed by atoms with Crippen molar-refractivity contribution >= 4 is 75.0 Å². The van der Waals surface area contributed by atoms with Crippen molar-refractivity contribution < 1.29 is 80.7 Å². The molecule has 450 valence electrons. The minimum atomic E-state index is -5.10. The first-order valence-electron chi connectivity index (χ1n) is 26.8. The fourth-order valence-electron chi connectivity index (χ4n) is 8.01. The number of ketones is 1. The number of amides is 9. The molecule has 1 rings (SSSR count). The number of unbranched alkanes of at least 4 members (excludes halogenated alkanes) is 6. The average Bonchev–Trinajstić information content (AvgIpc) is 3.37. The van der Waals surface area contributed by atoms with Crippen molar-refractivity contribution in [1.82, 2.24) is 47.4 Å². The molecule has 0 bridgehead atoms. The Hall–Kier alpha value is -6.14. The Kier molecular flexibility index (Phi) is 33.1. The lowest BCUT2D eigenvalue weighted by Gasteiger charge is -2.29. The highest BCUT2D eigenvalue weighted by Crippen LogP contribution is 2.15. The van der Waals surface area contributed by atoms with Crippen molar-refractivity contribution in [3.63, 3.8) is 0 Å². The zero-order chi connectivity index (χ0) is 60.0. The number of cyclic esters (lactones) is 1. The molecule has 0 aliphatic carbocycles. The maximum atomic E-state index is 14.2. The Morgan fingerprint density at radius 2 is 1.33 bits per heavy atom. The Morgan fingerprint density at radius 3 is 1.87 bits per heavy atom. The van der Waals surface area contributed by atoms with Crippen molar-refractivity contribution in [2.45, 2.75) is 180 Å². The van der Waals surface area contributed by atoms with Gasteiger partial charge in [-0.3, -0.25) is 57.3 Å². The van der Waals surface area contributed by atoms with Gasteiger partial charge in [0.15, 0.2) is 0 Å². The molecule has 0 aromatic heterocycles. The van der Waals surface area contributed by atoms with Crippen LogP contribution in [0.4, 0.5) is 0 Å². The quantitative estimate of drug-likeness (QED) is 0.0134. The number of hydrogen-bond donors (Lipinski definition) is 13. The summed E-state index contributed by atoms with van der Waals surface area (Å²) < 4.78 is 39.6. The number of ether oxygens (including phenoxy) is 1. The van der Waals surface area contributed by atoms with E-state index in [-0.39, 0.29) is 38.8 Å². The predicted octanol–water partition coefficient (Wildman–Crippen LogP) is -3.06. The van der Waals surface area contributed by atoms with Crippen LogP contribution in [0.25, 0.3) is 0 Å². The van der Waals surface area contributed by atoms with Gasteiger partial charge >= 0.3 is 5.97 Å². The van der Waals surface area contributed by atoms with E-state index in [2.05, 4.69) is 56.4 Å². The van der Waals surface area contributed by atoms with Gasteiger partial charge in [-0.05, 0) is 70.9 Å². The summed E-state index contributed by atoms with van der Waals surface area (Å²) in [6.07, 6.45) is 6.20. The topological polar surface area (TPSA) is 443 Å². The van der Waals surface area contributed by atoms with Gasteiger partial charge in [-0.25, -0.2) is 0 Å². The number of Topliss-reactive ketones (excluding diaryl/α,β-unsaturated/α-hetero) is 1. The molecule has 0 aromatic carbocycles. The number of aliphatic hydroxyl groups excluding tert-OH is 2. The van der Waals surface area contributed by atoms with Gasteiger partial charge in [0.1, 0.15) is 72.2 Å². The third-order valence-electron chi connectivity index (χ3n) is 12.9. The van der Waals surface area contributed by atoms with Gasteiger partial charge < -0.3 is 73.9 Å². The SMILES string of the molecule is C/C=C1\NC(=O)C(CCN)NC(=O)C(CO)NC(=O)C(NC(=O)C(CS(=O)(=O)O)NC(=O)CC(=O)CCCCCCCCC(C)CC)C(C)OC(=O)CN(C)C(=O)C(CCCCN)NC(=O)C(CO)NC(=O)C(C(C)C)NC1=O. The normalized spacial score (nSPS) is 23.4. The molecule has 1 heterocycles. The molecule has 29 heteroatoms. The van der Waals surface area contributed by atoms with E-state index >= 15 is 0 Å². The van der Waals surface area contributed by atoms with Crippen LogP contribution in [-0.2, 0) is 67.6 Å². The largest absolute Gasteiger partial charge is 0.459 e. The van der Waals surface area contributed by atoms with E-state index in [1.807, 2.05) is 0 Å². The van der Waals surface area contributed by atoms with E-state index in [0.717, 1.165) is 63.5 Å². The van der Waals surface area contributed by atoms with Gasteiger partial charge in [0, 0.05) is 13.5 Å². The highest BCUT2D eigenvalue weighted by molar-refractivity contribution is 7.85. The number of nitrogens with two attached hydrogens (primary N) is 2. The zero-order valence-electron chi connectivity index (χ0n) is 46.6. The molecule has 79 heavy (non-hydrogen) atoms. The van der Waals surface area contributed by atoms with Crippen LogP contribution in [0.2, 0.25) is 0 Å². The fraction of sp³-hybridized carbons (Fsp3) is 0.740. The summed E-state index contributed by atoms with van der Waals surface area (Å²) in [5, 5.41) is 38.8. The lowest BCUT2D eigenvalue weighted by molar-refractivity contribution is -0.156. The molecule has 0 aromatic rings. The van der Waals surface area contributed by atoms with Crippen molar-refractivity contribution in [2.75, 3.05) is 45.6 Å². The number of hydrogen-bond acceptors (Lipinski definition) is 18. The van der Waals surface area contributed by atoms with Crippen LogP contribution in [-0.4, -0.2) is 187 Å². The van der Waals surface area contributed by atoms with Crippen LogP contribution in [0.15, 0.2) is 11.8 Å². The lowest BCUT2D eigenvalue weighted by Crippen LogP contribution is -2.62. The molecule has 0 radical (unpaired) electrons. The highest BCUT2D eigenvalue weighted by atomic mass is 32.2. The molecule has 9 amide bonds. The number of nitrogens with one attached hydrogen (secondary N) is 8. The van der Waals surface area contributed by atoms with E-state index in [9.17, 15) is 75.9 Å². The van der Waals surface area contributed by atoms with E-state index in [4.69, 9.17) is 16.2 Å². The van der Waals surface area contributed by atoms with Gasteiger partial charge in [-0.2, -0.15) is 8.42 Å². The third-order valence-corrected chi connectivity index (χ3v) is 13.7. The number of carbonyl (C=O) groups is 11. The van der Waals surface area contributed by atoms with Crippen LogP contribution in [0.5, 0.6) is 0 Å². The van der Waals surface area contributed by atoms with Crippen LogP contribution >= 0.6 is 0 Å². The van der Waals surface area contributed by atoms with Crippen LogP contribution in [0, 0.1) is 11.8 Å². The van der Waals surface area contributed by atoms with Crippen LogP contribution in [0.1, 0.15) is 131 Å². The van der Waals surface area contributed by atoms with E-state index in [0.29, 0.717) is 25.2 Å². The Morgan fingerprint density at radius 1 is 0.759 bits per heavy atom. The van der Waals surface area contributed by atoms with Crippen molar-refractivity contribution in [3.8, 4) is 0 Å². The third kappa shape index (κ3) is 27.1. The number of aliphatic hydroxyl groups is 2. The van der Waals surface area contributed by atoms with E-state index in [1.54, 1.807) is 13.8 Å². The summed E-state index contributed by atoms with van der Waals surface area (Å²) >= 11 is 0. The van der Waals surface area contributed by atoms with E-state index < -0.39 is 167 Å². The molecule has 0 spiro atoms. The standard InChI is InChI=1S/C50H87N11O17S/c1-8-30(5)18-14-12-10-11-13-15-19-32(64)24-39(65)53-38(28-79(75,76)77)47(71)60-42-31(6)78-40(66)25-61(7)50(74)35(20-16-17-22-51)56-46(70)37(27-63)57-48(72)41(29(3)4)59-43(67)33(9-2)54-44(68)34(21-23-52)55-45(69)36(26-62)58-49(42)73/h9,29-31,34-38,41-42,62-63H,8,10-28,51-52H2,1-7H3,(H,53,65)(H,54,68)(H,55,69)(H,56,70)(H,57,72)(H,58,73)(H,59,67)(H,60,71)(H,75,76,77)/b33-9-. The summed E-state index contributed by atoms with van der Waals surface area (Å²) in [5.74, 6) is -13.5. The number of allylic oxidation sites excluding steroid dienone is 1.